The van der Waals surface area contributed by atoms with E-state index in [2.05, 4.69) is 28.0 Å². The van der Waals surface area contributed by atoms with Crippen molar-refractivity contribution in [2.75, 3.05) is 37.7 Å². The minimum absolute atomic E-state index is 0.0722. The normalized spacial score (nSPS) is 16.9. The number of ether oxygens (including phenoxy) is 1. The topological polar surface area (TPSA) is 128 Å². The van der Waals surface area contributed by atoms with Crippen molar-refractivity contribution >= 4 is 48.9 Å². The fourth-order valence-corrected chi connectivity index (χ4v) is 6.96. The van der Waals surface area contributed by atoms with Gasteiger partial charge in [0, 0.05) is 42.7 Å². The quantitative estimate of drug-likeness (QED) is 0.224. The molecular formula is C27H29BrClN5O6S. The summed E-state index contributed by atoms with van der Waals surface area (Å²) < 4.78 is 35.5. The number of nitro benzene ring substituents is 1. The van der Waals surface area contributed by atoms with Crippen molar-refractivity contribution in [3.05, 3.63) is 84.2 Å². The number of anilines is 1. The maximum absolute atomic E-state index is 13.6. The minimum atomic E-state index is -3.74. The van der Waals surface area contributed by atoms with E-state index < -0.39 is 20.5 Å². The second-order valence-corrected chi connectivity index (χ2v) is 13.6. The summed E-state index contributed by atoms with van der Waals surface area (Å²) in [5, 5.41) is 16.1. The second kappa shape index (κ2) is 11.7. The van der Waals surface area contributed by atoms with Gasteiger partial charge in [-0.2, -0.15) is 14.1 Å². The average molecular weight is 667 g/mol. The highest BCUT2D eigenvalue weighted by Crippen LogP contribution is 2.49. The van der Waals surface area contributed by atoms with E-state index in [0.29, 0.717) is 41.7 Å². The van der Waals surface area contributed by atoms with Gasteiger partial charge in [-0.1, -0.05) is 30.7 Å². The molecule has 2 heterocycles. The molecule has 0 N–H and O–H groups in total. The van der Waals surface area contributed by atoms with Crippen LogP contribution in [0.1, 0.15) is 31.7 Å². The Morgan fingerprint density at radius 2 is 1.88 bits per heavy atom. The highest BCUT2D eigenvalue weighted by molar-refractivity contribution is 9.10. The number of piperazine rings is 1. The van der Waals surface area contributed by atoms with Crippen molar-refractivity contribution in [1.82, 2.24) is 14.1 Å². The molecule has 1 aliphatic heterocycles. The molecule has 11 nitrogen and oxygen atoms in total. The minimum Gasteiger partial charge on any atom is -0.486 e. The molecular weight excluding hydrogens is 638 g/mol. The van der Waals surface area contributed by atoms with Crippen molar-refractivity contribution in [1.29, 1.82) is 0 Å². The number of nitro groups is 1. The molecule has 0 unspecified atom stereocenters. The molecule has 1 saturated carbocycles. The summed E-state index contributed by atoms with van der Waals surface area (Å²) in [6.45, 7) is 3.51. The van der Waals surface area contributed by atoms with Crippen LogP contribution in [0.15, 0.2) is 57.9 Å². The Bertz CT molecular complexity index is 1640. The van der Waals surface area contributed by atoms with Gasteiger partial charge in [0.15, 0.2) is 0 Å². The highest BCUT2D eigenvalue weighted by atomic mass is 79.9. The molecule has 5 rings (SSSR count). The van der Waals surface area contributed by atoms with Gasteiger partial charge in [-0.15, -0.1) is 0 Å². The van der Waals surface area contributed by atoms with Crippen LogP contribution in [0.25, 0.3) is 5.69 Å². The fourth-order valence-electron chi connectivity index (χ4n) is 4.88. The SMILES string of the molecule is CCC1(COc2c(N3CCN(S(=O)(=O)Cc4ccc(Br)c([N+](=O)[O-])c4)CC3)cnn(-c3cccc(Cl)c3)c2=O)CC1. The summed E-state index contributed by atoms with van der Waals surface area (Å²) in [7, 11) is -3.74. The third-order valence-electron chi connectivity index (χ3n) is 7.73. The van der Waals surface area contributed by atoms with Crippen molar-refractivity contribution in [2.24, 2.45) is 5.41 Å². The molecule has 218 valence electrons. The largest absolute Gasteiger partial charge is 0.486 e. The number of aromatic nitrogens is 2. The van der Waals surface area contributed by atoms with Gasteiger partial charge in [-0.05, 0) is 65.0 Å². The summed E-state index contributed by atoms with van der Waals surface area (Å²) >= 11 is 9.27. The van der Waals surface area contributed by atoms with Gasteiger partial charge < -0.3 is 9.64 Å². The smallest absolute Gasteiger partial charge is 0.316 e. The Balaban J connectivity index is 1.36. The van der Waals surface area contributed by atoms with Gasteiger partial charge >= 0.3 is 5.56 Å². The van der Waals surface area contributed by atoms with E-state index in [0.717, 1.165) is 19.3 Å². The van der Waals surface area contributed by atoms with E-state index in [1.807, 2.05) is 4.90 Å². The monoisotopic (exact) mass is 665 g/mol. The van der Waals surface area contributed by atoms with Crippen molar-refractivity contribution in [3.63, 3.8) is 0 Å². The molecule has 2 aliphatic rings. The predicted molar refractivity (Wildman–Crippen MR) is 160 cm³/mol. The Kier molecular flexibility index (Phi) is 8.42. The van der Waals surface area contributed by atoms with Crippen LogP contribution in [-0.4, -0.2) is 60.2 Å². The van der Waals surface area contributed by atoms with Crippen LogP contribution in [0, 0.1) is 15.5 Å². The summed E-state index contributed by atoms with van der Waals surface area (Å²) in [4.78, 5) is 26.3. The van der Waals surface area contributed by atoms with E-state index in [4.69, 9.17) is 16.3 Å². The molecule has 0 atom stereocenters. The van der Waals surface area contributed by atoms with Crippen LogP contribution in [0.2, 0.25) is 5.02 Å². The summed E-state index contributed by atoms with van der Waals surface area (Å²) in [5.41, 5.74) is 0.828. The fraction of sp³-hybridized carbons (Fsp3) is 0.407. The molecule has 41 heavy (non-hydrogen) atoms. The Morgan fingerprint density at radius 1 is 1.15 bits per heavy atom. The van der Waals surface area contributed by atoms with E-state index >= 15 is 0 Å². The third kappa shape index (κ3) is 6.42. The zero-order chi connectivity index (χ0) is 29.4. The third-order valence-corrected chi connectivity index (χ3v) is 10.5. The van der Waals surface area contributed by atoms with Gasteiger partial charge in [0.25, 0.3) is 5.69 Å². The molecule has 2 fully saturated rings. The van der Waals surface area contributed by atoms with Crippen LogP contribution in [0.5, 0.6) is 5.75 Å². The molecule has 1 saturated heterocycles. The number of halogens is 2. The first-order valence-corrected chi connectivity index (χ1v) is 16.0. The summed E-state index contributed by atoms with van der Waals surface area (Å²) in [6.07, 6.45) is 4.62. The first-order valence-electron chi connectivity index (χ1n) is 13.2. The number of nitrogens with zero attached hydrogens (tertiary/aromatic N) is 5. The molecule has 0 amide bonds. The molecule has 2 aromatic carbocycles. The molecule has 0 bridgehead atoms. The lowest BCUT2D eigenvalue weighted by Gasteiger charge is -2.35. The van der Waals surface area contributed by atoms with Crippen molar-refractivity contribution < 1.29 is 18.1 Å². The first kappa shape index (κ1) is 29.5. The van der Waals surface area contributed by atoms with Crippen LogP contribution >= 0.6 is 27.5 Å². The standard InChI is InChI=1S/C27H29BrClN5O6S/c1-2-27(8-9-27)18-40-25-24(16-30-33(26(25)35)21-5-3-4-20(29)15-21)31-10-12-32(13-11-31)41(38,39)17-19-6-7-22(28)23(14-19)34(36)37/h3-7,14-16H,2,8-13,17-18H2,1H3. The Labute approximate surface area is 251 Å². The Hall–Kier alpha value is -3.00. The zero-order valence-electron chi connectivity index (χ0n) is 22.3. The van der Waals surface area contributed by atoms with E-state index in [-0.39, 0.29) is 40.2 Å². The lowest BCUT2D eigenvalue weighted by Crippen LogP contribution is -2.49. The highest BCUT2D eigenvalue weighted by Gasteiger charge is 2.42. The van der Waals surface area contributed by atoms with Gasteiger partial charge in [0.05, 0.1) is 33.6 Å². The van der Waals surface area contributed by atoms with E-state index in [1.54, 1.807) is 36.5 Å². The molecule has 1 aliphatic carbocycles. The Morgan fingerprint density at radius 3 is 2.51 bits per heavy atom. The number of hydrogen-bond acceptors (Lipinski definition) is 8. The van der Waals surface area contributed by atoms with Crippen LogP contribution in [0.4, 0.5) is 11.4 Å². The maximum Gasteiger partial charge on any atom is 0.316 e. The van der Waals surface area contributed by atoms with Crippen LogP contribution in [-0.2, 0) is 15.8 Å². The van der Waals surface area contributed by atoms with Gasteiger partial charge in [-0.3, -0.25) is 14.9 Å². The average Bonchev–Trinajstić information content (AvgIpc) is 3.73. The van der Waals surface area contributed by atoms with Gasteiger partial charge in [-0.25, -0.2) is 8.42 Å². The van der Waals surface area contributed by atoms with Crippen molar-refractivity contribution in [2.45, 2.75) is 31.9 Å². The second-order valence-electron chi connectivity index (χ2n) is 10.4. The lowest BCUT2D eigenvalue weighted by atomic mass is 10.1. The summed E-state index contributed by atoms with van der Waals surface area (Å²) in [5.74, 6) is -0.176. The summed E-state index contributed by atoms with van der Waals surface area (Å²) in [6, 6.07) is 11.1. The zero-order valence-corrected chi connectivity index (χ0v) is 25.5. The lowest BCUT2D eigenvalue weighted by molar-refractivity contribution is -0.385. The number of hydrogen-bond donors (Lipinski definition) is 0. The molecule has 0 spiro atoms. The molecule has 3 aromatic rings. The van der Waals surface area contributed by atoms with Gasteiger partial charge in [0.1, 0.15) is 5.69 Å². The van der Waals surface area contributed by atoms with Crippen LogP contribution < -0.4 is 15.2 Å². The number of rotatable bonds is 10. The molecule has 1 aromatic heterocycles. The predicted octanol–water partition coefficient (Wildman–Crippen LogP) is 4.78. The number of benzene rings is 2. The first-order chi connectivity index (χ1) is 19.5. The molecule has 0 radical (unpaired) electrons. The van der Waals surface area contributed by atoms with Crippen LogP contribution in [0.3, 0.4) is 0 Å². The maximum atomic E-state index is 13.6. The van der Waals surface area contributed by atoms with E-state index in [1.165, 1.54) is 21.1 Å². The molecule has 14 heteroatoms. The number of sulfonamides is 1. The van der Waals surface area contributed by atoms with E-state index in [9.17, 15) is 23.3 Å². The van der Waals surface area contributed by atoms with Gasteiger partial charge in [0.2, 0.25) is 15.8 Å². The van der Waals surface area contributed by atoms with Crippen molar-refractivity contribution in [3.8, 4) is 11.4 Å².